The van der Waals surface area contributed by atoms with Crippen LogP contribution in [0.2, 0.25) is 0 Å². The van der Waals surface area contributed by atoms with Crippen LogP contribution in [0.3, 0.4) is 0 Å². The minimum atomic E-state index is -0.491. The summed E-state index contributed by atoms with van der Waals surface area (Å²) in [7, 11) is 0. The predicted molar refractivity (Wildman–Crippen MR) is 86.6 cm³/mol. The molecule has 0 radical (unpaired) electrons. The van der Waals surface area contributed by atoms with E-state index in [9.17, 15) is 9.59 Å². The van der Waals surface area contributed by atoms with Crippen LogP contribution in [0.25, 0.3) is 0 Å². The second-order valence-corrected chi connectivity index (χ2v) is 4.46. The highest BCUT2D eigenvalue weighted by atomic mass is 16.5. The molecule has 1 aromatic rings. The quantitative estimate of drug-likeness (QED) is 0.260. The van der Waals surface area contributed by atoms with Crippen LogP contribution in [0.4, 0.5) is 5.69 Å². The Labute approximate surface area is 135 Å². The Bertz CT molecular complexity index is 576. The number of anilines is 1. The van der Waals surface area contributed by atoms with E-state index in [1.165, 1.54) is 6.20 Å². The van der Waals surface area contributed by atoms with Gasteiger partial charge in [0.05, 0.1) is 6.61 Å². The summed E-state index contributed by atoms with van der Waals surface area (Å²) in [6, 6.07) is 8.74. The Morgan fingerprint density at radius 3 is 2.57 bits per heavy atom. The molecule has 0 spiro atoms. The molecule has 7 heteroatoms. The number of benzene rings is 1. The van der Waals surface area contributed by atoms with E-state index in [4.69, 9.17) is 10.00 Å². The van der Waals surface area contributed by atoms with Gasteiger partial charge < -0.3 is 20.7 Å². The lowest BCUT2D eigenvalue weighted by Crippen LogP contribution is -2.20. The van der Waals surface area contributed by atoms with Gasteiger partial charge in [-0.05, 0) is 37.6 Å². The molecular formula is C16H20N4O3. The van der Waals surface area contributed by atoms with Gasteiger partial charge in [-0.3, -0.25) is 9.59 Å². The monoisotopic (exact) mass is 316 g/mol. The number of rotatable bonds is 10. The summed E-state index contributed by atoms with van der Waals surface area (Å²) in [4.78, 5) is 22.1. The molecule has 0 unspecified atom stereocenters. The van der Waals surface area contributed by atoms with Gasteiger partial charge in [-0.25, -0.2) is 0 Å². The van der Waals surface area contributed by atoms with Gasteiger partial charge in [0.15, 0.2) is 0 Å². The molecule has 0 fully saturated rings. The van der Waals surface area contributed by atoms with Crippen molar-refractivity contribution >= 4 is 18.0 Å². The largest absolute Gasteiger partial charge is 0.494 e. The zero-order chi connectivity index (χ0) is 16.9. The number of carbonyl (C=O) groups is 2. The van der Waals surface area contributed by atoms with Crippen molar-refractivity contribution in [1.82, 2.24) is 10.6 Å². The third-order valence-corrected chi connectivity index (χ3v) is 2.76. The first-order chi connectivity index (χ1) is 11.2. The first-order valence-corrected chi connectivity index (χ1v) is 7.26. The number of hydrogen-bond donors (Lipinski definition) is 3. The van der Waals surface area contributed by atoms with Crippen LogP contribution < -0.4 is 20.7 Å². The summed E-state index contributed by atoms with van der Waals surface area (Å²) < 4.78 is 5.31. The van der Waals surface area contributed by atoms with E-state index in [2.05, 4.69) is 16.0 Å². The van der Waals surface area contributed by atoms with Crippen molar-refractivity contribution in [3.05, 3.63) is 36.0 Å². The molecule has 3 N–H and O–H groups in total. The van der Waals surface area contributed by atoms with Gasteiger partial charge in [0, 0.05) is 25.0 Å². The molecule has 0 bridgehead atoms. The van der Waals surface area contributed by atoms with Crippen LogP contribution in [0.1, 0.15) is 13.3 Å². The average molecular weight is 316 g/mol. The molecule has 1 aromatic carbocycles. The van der Waals surface area contributed by atoms with Crippen LogP contribution in [-0.4, -0.2) is 32.0 Å². The van der Waals surface area contributed by atoms with Crippen molar-refractivity contribution in [3.8, 4) is 11.8 Å². The van der Waals surface area contributed by atoms with Gasteiger partial charge in [0.25, 0.3) is 5.91 Å². The van der Waals surface area contributed by atoms with Crippen molar-refractivity contribution in [2.45, 2.75) is 13.3 Å². The summed E-state index contributed by atoms with van der Waals surface area (Å²) in [6.07, 6.45) is 2.68. The molecule has 0 atom stereocenters. The Morgan fingerprint density at radius 2 is 1.96 bits per heavy atom. The van der Waals surface area contributed by atoms with E-state index in [0.717, 1.165) is 0 Å². The zero-order valence-electron chi connectivity index (χ0n) is 13.0. The van der Waals surface area contributed by atoms with Gasteiger partial charge in [0.1, 0.15) is 17.4 Å². The average Bonchev–Trinajstić information content (AvgIpc) is 2.56. The number of carbonyl (C=O) groups excluding carboxylic acids is 2. The molecule has 0 saturated carbocycles. The Balaban J connectivity index is 2.49. The number of amides is 2. The Morgan fingerprint density at radius 1 is 1.26 bits per heavy atom. The lowest BCUT2D eigenvalue weighted by Gasteiger charge is -2.07. The number of nitrogens with one attached hydrogen (secondary N) is 3. The van der Waals surface area contributed by atoms with Gasteiger partial charge >= 0.3 is 0 Å². The second kappa shape index (κ2) is 10.7. The van der Waals surface area contributed by atoms with Crippen molar-refractivity contribution in [3.63, 3.8) is 0 Å². The van der Waals surface area contributed by atoms with Crippen LogP contribution in [0, 0.1) is 11.3 Å². The van der Waals surface area contributed by atoms with Gasteiger partial charge in [-0.2, -0.15) is 5.26 Å². The van der Waals surface area contributed by atoms with Crippen molar-refractivity contribution in [1.29, 1.82) is 5.26 Å². The molecule has 0 aromatic heterocycles. The summed E-state index contributed by atoms with van der Waals surface area (Å²) in [5, 5.41) is 17.1. The Kier molecular flexibility index (Phi) is 8.38. The molecule has 122 valence electrons. The van der Waals surface area contributed by atoms with Crippen molar-refractivity contribution < 1.29 is 14.3 Å². The summed E-state index contributed by atoms with van der Waals surface area (Å²) in [5.74, 6) is 0.224. The van der Waals surface area contributed by atoms with Crippen LogP contribution in [0.15, 0.2) is 36.0 Å². The van der Waals surface area contributed by atoms with E-state index in [1.807, 2.05) is 13.0 Å². The maximum Gasteiger partial charge on any atom is 0.267 e. The number of nitriles is 1. The van der Waals surface area contributed by atoms with Gasteiger partial charge in [-0.1, -0.05) is 0 Å². The molecule has 2 amide bonds. The normalized spacial score (nSPS) is 10.3. The fourth-order valence-corrected chi connectivity index (χ4v) is 1.67. The second-order valence-electron chi connectivity index (χ2n) is 4.46. The maximum absolute atomic E-state index is 12.0. The summed E-state index contributed by atoms with van der Waals surface area (Å²) in [6.45, 7) is 3.54. The molecule has 7 nitrogen and oxygen atoms in total. The fourth-order valence-electron chi connectivity index (χ4n) is 1.67. The number of ether oxygens (including phenoxy) is 1. The summed E-state index contributed by atoms with van der Waals surface area (Å²) >= 11 is 0. The van der Waals surface area contributed by atoms with Crippen LogP contribution >= 0.6 is 0 Å². The molecule has 23 heavy (non-hydrogen) atoms. The first kappa shape index (κ1) is 18.0. The van der Waals surface area contributed by atoms with Crippen LogP contribution in [-0.2, 0) is 9.59 Å². The summed E-state index contributed by atoms with van der Waals surface area (Å²) in [5.41, 5.74) is 0.553. The highest BCUT2D eigenvalue weighted by molar-refractivity contribution is 6.06. The minimum Gasteiger partial charge on any atom is -0.494 e. The first-order valence-electron chi connectivity index (χ1n) is 7.26. The maximum atomic E-state index is 12.0. The molecule has 0 saturated heterocycles. The molecule has 0 heterocycles. The van der Waals surface area contributed by atoms with Crippen molar-refractivity contribution in [2.24, 2.45) is 0 Å². The third kappa shape index (κ3) is 7.00. The SMILES string of the molecule is CCOc1ccc(NC(=O)/C(C#N)=C\NCCCNC=O)cc1. The highest BCUT2D eigenvalue weighted by Gasteiger charge is 2.09. The smallest absolute Gasteiger partial charge is 0.267 e. The van der Waals surface area contributed by atoms with Gasteiger partial charge in [-0.15, -0.1) is 0 Å². The molecule has 1 rings (SSSR count). The lowest BCUT2D eigenvalue weighted by molar-refractivity contribution is -0.112. The zero-order valence-corrected chi connectivity index (χ0v) is 13.0. The highest BCUT2D eigenvalue weighted by Crippen LogP contribution is 2.16. The molecule has 0 aliphatic heterocycles. The van der Waals surface area contributed by atoms with Crippen LogP contribution in [0.5, 0.6) is 5.75 Å². The molecular weight excluding hydrogens is 296 g/mol. The van der Waals surface area contributed by atoms with E-state index in [0.29, 0.717) is 44.0 Å². The number of hydrogen-bond acceptors (Lipinski definition) is 5. The lowest BCUT2D eigenvalue weighted by atomic mass is 10.2. The number of nitrogens with zero attached hydrogens (tertiary/aromatic N) is 1. The van der Waals surface area contributed by atoms with Gasteiger partial charge in [0.2, 0.25) is 6.41 Å². The van der Waals surface area contributed by atoms with Crippen molar-refractivity contribution in [2.75, 3.05) is 25.0 Å². The van der Waals surface area contributed by atoms with E-state index >= 15 is 0 Å². The fraction of sp³-hybridized carbons (Fsp3) is 0.312. The van der Waals surface area contributed by atoms with E-state index < -0.39 is 5.91 Å². The Hall–Kier alpha value is -3.01. The molecule has 0 aliphatic carbocycles. The third-order valence-electron chi connectivity index (χ3n) is 2.76. The predicted octanol–water partition coefficient (Wildman–Crippen LogP) is 1.16. The van der Waals surface area contributed by atoms with E-state index in [-0.39, 0.29) is 5.57 Å². The van der Waals surface area contributed by atoms with E-state index in [1.54, 1.807) is 24.3 Å². The standard InChI is InChI=1S/C16H20N4O3/c1-2-23-15-6-4-14(5-7-15)20-16(22)13(10-17)11-18-8-3-9-19-12-21/h4-7,11-12,18H,2-3,8-9H2,1H3,(H,19,21)(H,20,22)/b13-11-. The molecule has 0 aliphatic rings. The minimum absolute atomic E-state index is 0.0257. The topological polar surface area (TPSA) is 103 Å².